The highest BCUT2D eigenvalue weighted by Crippen LogP contribution is 2.43. The predicted molar refractivity (Wildman–Crippen MR) is 318 cm³/mol. The maximum Gasteiger partial charge on any atom is 0.472 e. The van der Waals surface area contributed by atoms with E-state index in [1.54, 1.807) is 0 Å². The van der Waals surface area contributed by atoms with Crippen LogP contribution in [0.5, 0.6) is 0 Å². The Kier molecular flexibility index (Phi) is 51.5. The molecule has 3 unspecified atom stereocenters. The van der Waals surface area contributed by atoms with Gasteiger partial charge in [-0.2, -0.15) is 0 Å². The molecule has 0 aromatic rings. The standard InChI is InChI=1S/C64H115N2O7P/c1-7-10-13-16-19-22-25-27-29-31-32-33-34-35-37-39-42-45-48-51-54-57-64(68)73-62(55-52-49-46-43-40-24-21-18-15-12-9-3)61(60-72-74(69,70)71-59-58-66(4,5)6)65-63(67)56-53-50-47-44-41-38-36-30-28-26-23-20-17-14-11-8-2/h19,22,27,29-30,32-33,35-38,41,52,55,61-62H,7-18,20-21,23-26,28,31,34,39-40,42-51,53-54,56-60H2,1-6H3,(H-,65,67,69,70)/p+1/b22-19-,29-27-,33-32-,36-30+,37-35-,41-38+,55-52+. The molecule has 0 heterocycles. The second kappa shape index (κ2) is 53.6. The molecule has 10 heteroatoms. The van der Waals surface area contributed by atoms with Gasteiger partial charge >= 0.3 is 13.8 Å². The molecule has 2 N–H and O–H groups in total. The van der Waals surface area contributed by atoms with Gasteiger partial charge in [0.2, 0.25) is 5.91 Å². The number of rotatable bonds is 54. The van der Waals surface area contributed by atoms with Crippen molar-refractivity contribution in [3.05, 3.63) is 85.1 Å². The van der Waals surface area contributed by atoms with E-state index in [2.05, 4.69) is 99.0 Å². The number of quaternary nitrogens is 1. The van der Waals surface area contributed by atoms with Gasteiger partial charge in [-0.25, -0.2) is 4.57 Å². The Bertz CT molecular complexity index is 1540. The average Bonchev–Trinajstić information content (AvgIpc) is 3.36. The van der Waals surface area contributed by atoms with E-state index in [1.165, 1.54) is 116 Å². The van der Waals surface area contributed by atoms with E-state index >= 15 is 0 Å². The van der Waals surface area contributed by atoms with Gasteiger partial charge in [-0.3, -0.25) is 18.6 Å². The van der Waals surface area contributed by atoms with Crippen molar-refractivity contribution < 1.29 is 37.3 Å². The van der Waals surface area contributed by atoms with Crippen LogP contribution in [-0.4, -0.2) is 74.3 Å². The largest absolute Gasteiger partial charge is 0.472 e. The fourth-order valence-electron chi connectivity index (χ4n) is 8.33. The summed E-state index contributed by atoms with van der Waals surface area (Å²) >= 11 is 0. The van der Waals surface area contributed by atoms with E-state index in [0.717, 1.165) is 96.3 Å². The third-order valence-corrected chi connectivity index (χ3v) is 14.1. The fraction of sp³-hybridized carbons (Fsp3) is 0.750. The van der Waals surface area contributed by atoms with E-state index in [-0.39, 0.29) is 31.5 Å². The minimum Gasteiger partial charge on any atom is -0.456 e. The Morgan fingerprint density at radius 2 is 0.865 bits per heavy atom. The summed E-state index contributed by atoms with van der Waals surface area (Å²) in [6.45, 7) is 6.93. The molecule has 0 spiro atoms. The van der Waals surface area contributed by atoms with Crippen LogP contribution in [0.3, 0.4) is 0 Å². The smallest absolute Gasteiger partial charge is 0.456 e. The van der Waals surface area contributed by atoms with Crippen LogP contribution in [0.25, 0.3) is 0 Å². The lowest BCUT2D eigenvalue weighted by molar-refractivity contribution is -0.870. The Morgan fingerprint density at radius 3 is 1.35 bits per heavy atom. The van der Waals surface area contributed by atoms with Gasteiger partial charge in [0.05, 0.1) is 33.8 Å². The third kappa shape index (κ3) is 54.0. The molecule has 428 valence electrons. The van der Waals surface area contributed by atoms with Gasteiger partial charge in [0.1, 0.15) is 19.3 Å². The van der Waals surface area contributed by atoms with Gasteiger partial charge in [-0.05, 0) is 102 Å². The van der Waals surface area contributed by atoms with Gasteiger partial charge in [-0.15, -0.1) is 0 Å². The lowest BCUT2D eigenvalue weighted by atomic mass is 10.1. The predicted octanol–water partition coefficient (Wildman–Crippen LogP) is 18.6. The molecular weight excluding hydrogens is 940 g/mol. The van der Waals surface area contributed by atoms with Crippen molar-refractivity contribution in [3.8, 4) is 0 Å². The highest BCUT2D eigenvalue weighted by atomic mass is 31.2. The topological polar surface area (TPSA) is 111 Å². The minimum absolute atomic E-state index is 0.0284. The zero-order valence-corrected chi connectivity index (χ0v) is 49.7. The van der Waals surface area contributed by atoms with Crippen LogP contribution in [-0.2, 0) is 27.9 Å². The lowest BCUT2D eigenvalue weighted by Gasteiger charge is -2.27. The van der Waals surface area contributed by atoms with E-state index in [1.807, 2.05) is 33.3 Å². The van der Waals surface area contributed by atoms with Crippen molar-refractivity contribution in [1.29, 1.82) is 0 Å². The second-order valence-corrected chi connectivity index (χ2v) is 23.0. The van der Waals surface area contributed by atoms with E-state index in [4.69, 9.17) is 13.8 Å². The SMILES string of the molecule is CCCCC/C=C\C/C=C\C/C=C\C/C=C\CCCCCCCC(=O)OC(/C=C/CCCCCCCCCCC)C(COP(=O)(O)OCC[N+](C)(C)C)NC(=O)CCCCC/C=C/C=C/CCCCCCCCC. The molecule has 1 amide bonds. The molecule has 0 fully saturated rings. The van der Waals surface area contributed by atoms with E-state index < -0.39 is 20.0 Å². The van der Waals surface area contributed by atoms with Crippen LogP contribution in [0, 0.1) is 0 Å². The summed E-state index contributed by atoms with van der Waals surface area (Å²) in [5, 5.41) is 3.03. The highest BCUT2D eigenvalue weighted by Gasteiger charge is 2.30. The molecule has 0 saturated heterocycles. The summed E-state index contributed by atoms with van der Waals surface area (Å²) in [4.78, 5) is 37.6. The Morgan fingerprint density at radius 1 is 0.486 bits per heavy atom. The number of nitrogens with zero attached hydrogens (tertiary/aromatic N) is 1. The number of phosphoric acid groups is 1. The van der Waals surface area contributed by atoms with Gasteiger partial charge in [0.15, 0.2) is 0 Å². The maximum absolute atomic E-state index is 13.5. The molecule has 0 aromatic heterocycles. The van der Waals surface area contributed by atoms with Gasteiger partial charge in [0.25, 0.3) is 0 Å². The molecule has 0 aliphatic heterocycles. The number of amides is 1. The Labute approximate surface area is 456 Å². The number of allylic oxidation sites excluding steroid dienone is 13. The van der Waals surface area contributed by atoms with Crippen molar-refractivity contribution in [1.82, 2.24) is 5.32 Å². The molecule has 0 bridgehead atoms. The van der Waals surface area contributed by atoms with Crippen molar-refractivity contribution in [3.63, 3.8) is 0 Å². The monoisotopic (exact) mass is 1060 g/mol. The van der Waals surface area contributed by atoms with Crippen LogP contribution >= 0.6 is 7.82 Å². The lowest BCUT2D eigenvalue weighted by Crippen LogP contribution is -2.47. The summed E-state index contributed by atoms with van der Waals surface area (Å²) in [7, 11) is 1.46. The first-order chi connectivity index (χ1) is 35.9. The number of likely N-dealkylation sites (N-methyl/N-ethyl adjacent to an activating group) is 1. The molecular formula is C64H116N2O7P+. The van der Waals surface area contributed by atoms with Gasteiger partial charge in [0, 0.05) is 12.8 Å². The zero-order valence-electron chi connectivity index (χ0n) is 48.8. The highest BCUT2D eigenvalue weighted by molar-refractivity contribution is 7.47. The number of nitrogens with one attached hydrogen (secondary N) is 1. The van der Waals surface area contributed by atoms with Crippen molar-refractivity contribution in [2.45, 2.75) is 270 Å². The Hall–Kier alpha value is -2.81. The number of esters is 1. The first-order valence-corrected chi connectivity index (χ1v) is 31.9. The quantitative estimate of drug-likeness (QED) is 0.0156. The van der Waals surface area contributed by atoms with Gasteiger partial charge < -0.3 is 19.4 Å². The normalized spacial score (nSPS) is 14.3. The van der Waals surface area contributed by atoms with Crippen LogP contribution in [0.2, 0.25) is 0 Å². The summed E-state index contributed by atoms with van der Waals surface area (Å²) in [6, 6.07) is -0.873. The van der Waals surface area contributed by atoms with Crippen LogP contribution in [0.15, 0.2) is 85.1 Å². The number of hydrogen-bond donors (Lipinski definition) is 2. The number of phosphoric ester groups is 1. The molecule has 9 nitrogen and oxygen atoms in total. The zero-order chi connectivity index (χ0) is 54.3. The third-order valence-electron chi connectivity index (χ3n) is 13.1. The number of carbonyl (C=O) groups is 2. The number of unbranched alkanes of at least 4 members (excludes halogenated alkanes) is 27. The first-order valence-electron chi connectivity index (χ1n) is 30.4. The van der Waals surface area contributed by atoms with Crippen LogP contribution < -0.4 is 5.32 Å². The molecule has 0 radical (unpaired) electrons. The molecule has 3 atom stereocenters. The summed E-state index contributed by atoms with van der Waals surface area (Å²) < 4.78 is 30.6. The minimum atomic E-state index is -4.46. The van der Waals surface area contributed by atoms with Crippen molar-refractivity contribution in [2.24, 2.45) is 0 Å². The van der Waals surface area contributed by atoms with Gasteiger partial charge in [-0.1, -0.05) is 228 Å². The first kappa shape index (κ1) is 71.2. The maximum atomic E-state index is 13.5. The van der Waals surface area contributed by atoms with Crippen molar-refractivity contribution >= 4 is 19.7 Å². The summed E-state index contributed by atoms with van der Waals surface area (Å²) in [5.41, 5.74) is 0. The summed E-state index contributed by atoms with van der Waals surface area (Å²) in [5.74, 6) is -0.559. The molecule has 0 aliphatic rings. The van der Waals surface area contributed by atoms with E-state index in [0.29, 0.717) is 30.3 Å². The Balaban J connectivity index is 5.33. The number of ether oxygens (including phenoxy) is 1. The molecule has 0 saturated carbocycles. The number of hydrogen-bond acceptors (Lipinski definition) is 6. The molecule has 0 aliphatic carbocycles. The fourth-order valence-corrected chi connectivity index (χ4v) is 9.06. The van der Waals surface area contributed by atoms with Crippen LogP contribution in [0.4, 0.5) is 0 Å². The summed E-state index contributed by atoms with van der Waals surface area (Å²) in [6.07, 6.45) is 70.1. The molecule has 0 aromatic carbocycles. The second-order valence-electron chi connectivity index (χ2n) is 21.5. The van der Waals surface area contributed by atoms with Crippen LogP contribution in [0.1, 0.15) is 258 Å². The molecule has 0 rings (SSSR count). The number of carbonyl (C=O) groups excluding carboxylic acids is 2. The molecule has 74 heavy (non-hydrogen) atoms. The van der Waals surface area contributed by atoms with Crippen molar-refractivity contribution in [2.75, 3.05) is 40.9 Å². The van der Waals surface area contributed by atoms with E-state index in [9.17, 15) is 19.0 Å². The average molecular weight is 1060 g/mol.